The molecule has 0 aliphatic carbocycles. The van der Waals surface area contributed by atoms with Gasteiger partial charge in [0.25, 0.3) is 0 Å². The van der Waals surface area contributed by atoms with E-state index in [1.807, 2.05) is 0 Å². The van der Waals surface area contributed by atoms with Crippen LogP contribution in [0.2, 0.25) is 0 Å². The molecule has 4 unspecified atom stereocenters. The summed E-state index contributed by atoms with van der Waals surface area (Å²) < 4.78 is 34.6. The van der Waals surface area contributed by atoms with E-state index in [4.69, 9.17) is 28.4 Å². The molecule has 0 bridgehead atoms. The van der Waals surface area contributed by atoms with E-state index in [9.17, 15) is 19.2 Å². The average molecular weight is 855 g/mol. The van der Waals surface area contributed by atoms with Crippen LogP contribution in [0.5, 0.6) is 0 Å². The summed E-state index contributed by atoms with van der Waals surface area (Å²) in [5, 5.41) is 0. The predicted molar refractivity (Wildman–Crippen MR) is 243 cm³/mol. The van der Waals surface area contributed by atoms with Crippen molar-refractivity contribution in [3.8, 4) is 0 Å². The van der Waals surface area contributed by atoms with Crippen molar-refractivity contribution in [2.75, 3.05) is 27.4 Å². The minimum absolute atomic E-state index is 0.118. The summed E-state index contributed by atoms with van der Waals surface area (Å²) in [6, 6.07) is 0. The maximum atomic E-state index is 13.3. The number of hydrogen-bond acceptors (Lipinski definition) is 10. The van der Waals surface area contributed by atoms with Crippen LogP contribution in [0.25, 0.3) is 0 Å². The number of methoxy groups -OCH3 is 2. The molecule has 0 amide bonds. The summed E-state index contributed by atoms with van der Waals surface area (Å²) in [6.45, 7) is 9.95. The van der Waals surface area contributed by atoms with Gasteiger partial charge in [0.2, 0.25) is 0 Å². The molecule has 0 saturated carbocycles. The van der Waals surface area contributed by atoms with E-state index in [0.29, 0.717) is 38.9 Å². The number of ether oxygens (including phenoxy) is 6. The fourth-order valence-corrected chi connectivity index (χ4v) is 7.67. The second-order valence-corrected chi connectivity index (χ2v) is 17.0. The molecule has 0 spiro atoms. The lowest BCUT2D eigenvalue weighted by atomic mass is 9.99. The summed E-state index contributed by atoms with van der Waals surface area (Å²) in [7, 11) is 2.86. The predicted octanol–water partition coefficient (Wildman–Crippen LogP) is 13.3. The van der Waals surface area contributed by atoms with Gasteiger partial charge in [-0.1, -0.05) is 143 Å². The lowest BCUT2D eigenvalue weighted by Gasteiger charge is -2.28. The molecular weight excluding hydrogens is 761 g/mol. The third-order valence-corrected chi connectivity index (χ3v) is 11.4. The maximum absolute atomic E-state index is 13.3. The fraction of sp³-hybridized carbons (Fsp3) is 0.920. The highest BCUT2D eigenvalue weighted by Crippen LogP contribution is 2.24. The average Bonchev–Trinajstić information content (AvgIpc) is 3.25. The zero-order valence-electron chi connectivity index (χ0n) is 39.8. The molecule has 0 fully saturated rings. The van der Waals surface area contributed by atoms with Gasteiger partial charge in [0.15, 0.2) is 0 Å². The van der Waals surface area contributed by atoms with Crippen molar-refractivity contribution in [2.45, 2.75) is 270 Å². The van der Waals surface area contributed by atoms with Gasteiger partial charge in [-0.25, -0.2) is 0 Å². The summed E-state index contributed by atoms with van der Waals surface area (Å²) in [4.78, 5) is 49.6. The van der Waals surface area contributed by atoms with Gasteiger partial charge in [-0.2, -0.15) is 0 Å². The topological polar surface area (TPSA) is 124 Å². The van der Waals surface area contributed by atoms with Gasteiger partial charge in [-0.05, 0) is 77.0 Å². The molecule has 10 nitrogen and oxygen atoms in total. The van der Waals surface area contributed by atoms with Crippen molar-refractivity contribution in [2.24, 2.45) is 0 Å². The van der Waals surface area contributed by atoms with E-state index in [1.165, 1.54) is 65.6 Å². The molecule has 0 aromatic rings. The monoisotopic (exact) mass is 855 g/mol. The molecular formula is C50H94O10. The number of hydrogen-bond donors (Lipinski definition) is 0. The first kappa shape index (κ1) is 57.8. The first-order valence-electron chi connectivity index (χ1n) is 25.0. The van der Waals surface area contributed by atoms with E-state index in [1.54, 1.807) is 0 Å². The van der Waals surface area contributed by atoms with E-state index >= 15 is 0 Å². The Bertz CT molecular complexity index is 1000. The van der Waals surface area contributed by atoms with E-state index in [2.05, 4.69) is 27.7 Å². The number of carbonyl (C=O) groups is 4. The first-order valence-corrected chi connectivity index (χ1v) is 25.0. The smallest absolute Gasteiger partial charge is 0.306 e. The van der Waals surface area contributed by atoms with Crippen molar-refractivity contribution in [3.05, 3.63) is 0 Å². The Morgan fingerprint density at radius 1 is 0.317 bits per heavy atom. The molecule has 0 aliphatic rings. The van der Waals surface area contributed by atoms with Crippen LogP contribution in [0.15, 0.2) is 0 Å². The lowest BCUT2D eigenvalue weighted by Crippen LogP contribution is -2.34. The number of carbonyl (C=O) groups excluding carboxylic acids is 4. The Hall–Kier alpha value is -2.20. The highest BCUT2D eigenvalue weighted by atomic mass is 16.6. The van der Waals surface area contributed by atoms with Crippen LogP contribution < -0.4 is 0 Å². The number of esters is 4. The number of unbranched alkanes of at least 4 members (excludes halogenated alkanes) is 19. The largest absolute Gasteiger partial charge is 0.469 e. The second-order valence-electron chi connectivity index (χ2n) is 17.0. The first-order chi connectivity index (χ1) is 29.3. The molecule has 0 N–H and O–H groups in total. The Labute approximate surface area is 368 Å². The number of rotatable bonds is 45. The van der Waals surface area contributed by atoms with Crippen LogP contribution >= 0.6 is 0 Å². The van der Waals surface area contributed by atoms with Crippen LogP contribution in [0.3, 0.4) is 0 Å². The quantitative estimate of drug-likeness (QED) is 0.0332. The summed E-state index contributed by atoms with van der Waals surface area (Å²) in [5.41, 5.74) is 0. The van der Waals surface area contributed by atoms with E-state index in [0.717, 1.165) is 128 Å². The molecule has 0 aromatic heterocycles. The van der Waals surface area contributed by atoms with E-state index in [-0.39, 0.29) is 61.1 Å². The fourth-order valence-electron chi connectivity index (χ4n) is 7.67. The van der Waals surface area contributed by atoms with Crippen LogP contribution in [-0.4, -0.2) is 75.7 Å². The molecule has 60 heavy (non-hydrogen) atoms. The molecule has 10 heteroatoms. The molecule has 0 saturated heterocycles. The summed E-state index contributed by atoms with van der Waals surface area (Å²) in [6.07, 6.45) is 30.8. The minimum atomic E-state index is -0.289. The van der Waals surface area contributed by atoms with Crippen molar-refractivity contribution in [1.29, 1.82) is 0 Å². The third kappa shape index (κ3) is 35.4. The van der Waals surface area contributed by atoms with Crippen LogP contribution in [0.4, 0.5) is 0 Å². The highest BCUT2D eigenvalue weighted by Gasteiger charge is 2.27. The van der Waals surface area contributed by atoms with Crippen molar-refractivity contribution in [1.82, 2.24) is 0 Å². The van der Waals surface area contributed by atoms with Crippen molar-refractivity contribution >= 4 is 23.9 Å². The normalized spacial score (nSPS) is 13.4. The SMILES string of the molecule is CCCCCCCCC(OCCC)C(CCCCCCCC(=O)OC)OC(=O)CCCCC(=O)OC(CCCCCCCC)C(CCCCCCCC(=O)OC)OCCC. The van der Waals surface area contributed by atoms with Crippen molar-refractivity contribution < 1.29 is 47.6 Å². The Morgan fingerprint density at radius 2 is 0.583 bits per heavy atom. The second kappa shape index (κ2) is 43.4. The van der Waals surface area contributed by atoms with E-state index < -0.39 is 0 Å². The Morgan fingerprint density at radius 3 is 0.900 bits per heavy atom. The van der Waals surface area contributed by atoms with Crippen LogP contribution in [-0.2, 0) is 47.6 Å². The van der Waals surface area contributed by atoms with Gasteiger partial charge in [-0.3, -0.25) is 19.2 Å². The highest BCUT2D eigenvalue weighted by molar-refractivity contribution is 5.71. The van der Waals surface area contributed by atoms with Gasteiger partial charge in [0.05, 0.1) is 26.4 Å². The molecule has 354 valence electrons. The van der Waals surface area contributed by atoms with Crippen molar-refractivity contribution in [3.63, 3.8) is 0 Å². The lowest BCUT2D eigenvalue weighted by molar-refractivity contribution is -0.161. The van der Waals surface area contributed by atoms with Gasteiger partial charge >= 0.3 is 23.9 Å². The standard InChI is InChI=1S/C50H94O10/c1-7-11-13-15-19-25-33-43(57-41-9-3)46(36-28-22-18-24-30-38-48(52)56-6)60-50(54)40-32-31-39-49(53)59-45(35-27-20-16-14-12-8-2)44(58-42-10-4)34-26-21-17-23-29-37-47(51)55-5/h43-46H,7-42H2,1-6H3. The summed E-state index contributed by atoms with van der Waals surface area (Å²) >= 11 is 0. The zero-order chi connectivity index (χ0) is 44.3. The Kier molecular flexibility index (Phi) is 41.9. The molecule has 0 radical (unpaired) electrons. The zero-order valence-corrected chi connectivity index (χ0v) is 39.8. The molecule has 0 heterocycles. The third-order valence-electron chi connectivity index (χ3n) is 11.4. The molecule has 0 aromatic carbocycles. The van der Waals surface area contributed by atoms with Gasteiger partial charge in [-0.15, -0.1) is 0 Å². The van der Waals surface area contributed by atoms with Crippen LogP contribution in [0.1, 0.15) is 246 Å². The van der Waals surface area contributed by atoms with Gasteiger partial charge in [0, 0.05) is 38.9 Å². The molecule has 0 rings (SSSR count). The van der Waals surface area contributed by atoms with Gasteiger partial charge in [0.1, 0.15) is 12.2 Å². The van der Waals surface area contributed by atoms with Crippen LogP contribution in [0, 0.1) is 0 Å². The molecule has 4 atom stereocenters. The summed E-state index contributed by atoms with van der Waals surface area (Å²) in [5.74, 6) is -0.755. The molecule has 0 aliphatic heterocycles. The Balaban J connectivity index is 5.32. The minimum Gasteiger partial charge on any atom is -0.469 e. The maximum Gasteiger partial charge on any atom is 0.306 e. The van der Waals surface area contributed by atoms with Gasteiger partial charge < -0.3 is 28.4 Å².